The van der Waals surface area contributed by atoms with E-state index in [1.165, 1.54) is 12.8 Å². The molecule has 1 saturated heterocycles. The van der Waals surface area contributed by atoms with E-state index in [2.05, 4.69) is 5.32 Å². The smallest absolute Gasteiger partial charge is 0.226 e. The van der Waals surface area contributed by atoms with Gasteiger partial charge in [-0.2, -0.15) is 0 Å². The van der Waals surface area contributed by atoms with E-state index >= 15 is 0 Å². The van der Waals surface area contributed by atoms with Crippen LogP contribution >= 0.6 is 0 Å². The fourth-order valence-electron chi connectivity index (χ4n) is 3.98. The first kappa shape index (κ1) is 15.8. The highest BCUT2D eigenvalue weighted by atomic mass is 16.2. The van der Waals surface area contributed by atoms with Crippen LogP contribution in [0.5, 0.6) is 0 Å². The Morgan fingerprint density at radius 2 is 1.91 bits per heavy atom. The van der Waals surface area contributed by atoms with Gasteiger partial charge in [-0.25, -0.2) is 0 Å². The second kappa shape index (κ2) is 6.99. The fraction of sp³-hybridized carbons (Fsp3) is 0.882. The van der Waals surface area contributed by atoms with Gasteiger partial charge in [-0.1, -0.05) is 6.42 Å². The molecule has 22 heavy (non-hydrogen) atoms. The number of hydrogen-bond donors (Lipinski definition) is 2. The van der Waals surface area contributed by atoms with Gasteiger partial charge in [-0.3, -0.25) is 9.59 Å². The normalized spacial score (nSPS) is 32.0. The third-order valence-electron chi connectivity index (χ3n) is 5.64. The summed E-state index contributed by atoms with van der Waals surface area (Å²) >= 11 is 0. The lowest BCUT2D eigenvalue weighted by atomic mass is 9.91. The number of carbonyl (C=O) groups is 2. The van der Waals surface area contributed by atoms with Crippen LogP contribution in [0.25, 0.3) is 0 Å². The van der Waals surface area contributed by atoms with Crippen molar-refractivity contribution in [3.8, 4) is 0 Å². The maximum atomic E-state index is 12.8. The summed E-state index contributed by atoms with van der Waals surface area (Å²) in [6.07, 6.45) is 7.49. The maximum Gasteiger partial charge on any atom is 0.226 e. The van der Waals surface area contributed by atoms with Crippen molar-refractivity contribution in [1.29, 1.82) is 0 Å². The fourth-order valence-corrected chi connectivity index (χ4v) is 3.98. The lowest BCUT2D eigenvalue weighted by Crippen LogP contribution is -2.48. The Morgan fingerprint density at radius 1 is 1.09 bits per heavy atom. The zero-order valence-electron chi connectivity index (χ0n) is 13.4. The highest BCUT2D eigenvalue weighted by Crippen LogP contribution is 2.33. The van der Waals surface area contributed by atoms with Crippen molar-refractivity contribution in [1.82, 2.24) is 10.2 Å². The summed E-state index contributed by atoms with van der Waals surface area (Å²) in [6, 6.07) is 0. The van der Waals surface area contributed by atoms with E-state index in [-0.39, 0.29) is 23.7 Å². The first-order valence-corrected chi connectivity index (χ1v) is 8.95. The SMILES string of the molecule is NC[C@H]1CCC[C@H]1C(=O)N1CCCC(C(=O)NCC2CC2)C1. The molecule has 2 aliphatic carbocycles. The van der Waals surface area contributed by atoms with E-state index in [1.54, 1.807) is 0 Å². The van der Waals surface area contributed by atoms with Gasteiger partial charge >= 0.3 is 0 Å². The number of nitrogens with one attached hydrogen (secondary N) is 1. The summed E-state index contributed by atoms with van der Waals surface area (Å²) in [6.45, 7) is 2.83. The molecule has 3 N–H and O–H groups in total. The average molecular weight is 307 g/mol. The van der Waals surface area contributed by atoms with Crippen LogP contribution in [0.15, 0.2) is 0 Å². The molecule has 5 heteroatoms. The molecule has 1 heterocycles. The molecule has 1 aliphatic heterocycles. The number of piperidine rings is 1. The molecular weight excluding hydrogens is 278 g/mol. The second-order valence-corrected chi connectivity index (χ2v) is 7.35. The molecule has 5 nitrogen and oxygen atoms in total. The Kier molecular flexibility index (Phi) is 5.01. The molecule has 0 spiro atoms. The Balaban J connectivity index is 1.52. The van der Waals surface area contributed by atoms with Crippen LogP contribution in [0.4, 0.5) is 0 Å². The lowest BCUT2D eigenvalue weighted by Gasteiger charge is -2.34. The molecule has 3 fully saturated rings. The van der Waals surface area contributed by atoms with Crippen LogP contribution in [-0.2, 0) is 9.59 Å². The Labute approximate surface area is 133 Å². The van der Waals surface area contributed by atoms with Gasteiger partial charge in [0.2, 0.25) is 11.8 Å². The summed E-state index contributed by atoms with van der Waals surface area (Å²) < 4.78 is 0. The molecule has 3 rings (SSSR count). The summed E-state index contributed by atoms with van der Waals surface area (Å²) in [4.78, 5) is 27.0. The van der Waals surface area contributed by atoms with Crippen LogP contribution < -0.4 is 11.1 Å². The topological polar surface area (TPSA) is 75.4 Å². The average Bonchev–Trinajstić information content (AvgIpc) is 3.26. The summed E-state index contributed by atoms with van der Waals surface area (Å²) in [5.41, 5.74) is 5.81. The van der Waals surface area contributed by atoms with Gasteiger partial charge in [-0.05, 0) is 56.9 Å². The van der Waals surface area contributed by atoms with Crippen LogP contribution in [0, 0.1) is 23.7 Å². The standard InChI is InChI=1S/C17H29N3O2/c18-9-13-3-1-5-15(13)17(22)20-8-2-4-14(11-20)16(21)19-10-12-6-7-12/h12-15H,1-11,18H2,(H,19,21)/t13-,14?,15-/m1/s1. The largest absolute Gasteiger partial charge is 0.356 e. The summed E-state index contributed by atoms with van der Waals surface area (Å²) in [5.74, 6) is 1.51. The molecule has 0 radical (unpaired) electrons. The van der Waals surface area contributed by atoms with Crippen molar-refractivity contribution in [3.63, 3.8) is 0 Å². The van der Waals surface area contributed by atoms with E-state index in [0.717, 1.165) is 45.2 Å². The van der Waals surface area contributed by atoms with E-state index < -0.39 is 0 Å². The van der Waals surface area contributed by atoms with Crippen LogP contribution in [0.1, 0.15) is 44.9 Å². The van der Waals surface area contributed by atoms with Crippen molar-refractivity contribution in [2.24, 2.45) is 29.4 Å². The van der Waals surface area contributed by atoms with Crippen LogP contribution in [-0.4, -0.2) is 42.9 Å². The van der Waals surface area contributed by atoms with Crippen LogP contribution in [0.2, 0.25) is 0 Å². The Morgan fingerprint density at radius 3 is 2.64 bits per heavy atom. The molecule has 3 atom stereocenters. The van der Waals surface area contributed by atoms with E-state index in [1.807, 2.05) is 4.90 Å². The Hall–Kier alpha value is -1.10. The minimum absolute atomic E-state index is 0.0193. The van der Waals surface area contributed by atoms with Gasteiger partial charge < -0.3 is 16.0 Å². The van der Waals surface area contributed by atoms with E-state index in [0.29, 0.717) is 24.9 Å². The summed E-state index contributed by atoms with van der Waals surface area (Å²) in [7, 11) is 0. The Bertz CT molecular complexity index is 422. The summed E-state index contributed by atoms with van der Waals surface area (Å²) in [5, 5.41) is 3.07. The number of nitrogens with zero attached hydrogens (tertiary/aromatic N) is 1. The highest BCUT2D eigenvalue weighted by molar-refractivity contribution is 5.82. The monoisotopic (exact) mass is 307 g/mol. The second-order valence-electron chi connectivity index (χ2n) is 7.35. The minimum atomic E-state index is -0.0193. The molecule has 0 aromatic rings. The zero-order chi connectivity index (χ0) is 15.5. The van der Waals surface area contributed by atoms with Gasteiger partial charge in [0.25, 0.3) is 0 Å². The van der Waals surface area contributed by atoms with Crippen molar-refractivity contribution < 1.29 is 9.59 Å². The van der Waals surface area contributed by atoms with Gasteiger partial charge in [0, 0.05) is 25.6 Å². The molecule has 2 saturated carbocycles. The predicted octanol–water partition coefficient (Wildman–Crippen LogP) is 1.13. The number of hydrogen-bond acceptors (Lipinski definition) is 3. The van der Waals surface area contributed by atoms with Crippen molar-refractivity contribution in [3.05, 3.63) is 0 Å². The van der Waals surface area contributed by atoms with Crippen molar-refractivity contribution in [2.45, 2.75) is 44.9 Å². The molecule has 124 valence electrons. The number of nitrogens with two attached hydrogens (primary N) is 1. The van der Waals surface area contributed by atoms with Gasteiger partial charge in [0.05, 0.1) is 5.92 Å². The predicted molar refractivity (Wildman–Crippen MR) is 84.9 cm³/mol. The first-order chi connectivity index (χ1) is 10.7. The quantitative estimate of drug-likeness (QED) is 0.799. The van der Waals surface area contributed by atoms with Crippen LogP contribution in [0.3, 0.4) is 0 Å². The molecule has 0 aromatic heterocycles. The van der Waals surface area contributed by atoms with E-state index in [9.17, 15) is 9.59 Å². The number of likely N-dealkylation sites (tertiary alicyclic amines) is 1. The molecule has 1 unspecified atom stereocenters. The number of rotatable bonds is 5. The molecular formula is C17H29N3O2. The van der Waals surface area contributed by atoms with Gasteiger partial charge in [0.1, 0.15) is 0 Å². The lowest BCUT2D eigenvalue weighted by molar-refractivity contribution is -0.140. The minimum Gasteiger partial charge on any atom is -0.356 e. The highest BCUT2D eigenvalue weighted by Gasteiger charge is 2.37. The molecule has 2 amide bonds. The van der Waals surface area contributed by atoms with Crippen molar-refractivity contribution >= 4 is 11.8 Å². The molecule has 3 aliphatic rings. The first-order valence-electron chi connectivity index (χ1n) is 8.95. The molecule has 0 aromatic carbocycles. The van der Waals surface area contributed by atoms with Gasteiger partial charge in [0.15, 0.2) is 0 Å². The van der Waals surface area contributed by atoms with Gasteiger partial charge in [-0.15, -0.1) is 0 Å². The maximum absolute atomic E-state index is 12.8. The van der Waals surface area contributed by atoms with E-state index in [4.69, 9.17) is 5.73 Å². The third kappa shape index (κ3) is 3.62. The zero-order valence-corrected chi connectivity index (χ0v) is 13.4. The number of amides is 2. The number of carbonyl (C=O) groups excluding carboxylic acids is 2. The third-order valence-corrected chi connectivity index (χ3v) is 5.64. The molecule has 0 bridgehead atoms. The van der Waals surface area contributed by atoms with Crippen molar-refractivity contribution in [2.75, 3.05) is 26.2 Å².